The number of ketones is 1. The molecule has 2 rings (SSSR count). The van der Waals surface area contributed by atoms with Crippen molar-refractivity contribution in [2.24, 2.45) is 7.05 Å². The molecule has 1 aliphatic rings. The predicted molar refractivity (Wildman–Crippen MR) is 69.4 cm³/mol. The van der Waals surface area contributed by atoms with E-state index < -0.39 is 5.60 Å². The number of carbonyl (C=O) groups excluding carboxylic acids is 1. The van der Waals surface area contributed by atoms with E-state index in [1.54, 1.807) is 6.20 Å². The quantitative estimate of drug-likeness (QED) is 0.778. The molecule has 0 N–H and O–H groups in total. The van der Waals surface area contributed by atoms with Crippen LogP contribution < -0.4 is 0 Å². The van der Waals surface area contributed by atoms with Gasteiger partial charge >= 0.3 is 0 Å². The van der Waals surface area contributed by atoms with Crippen LogP contribution in [0.15, 0.2) is 12.3 Å². The normalized spacial score (nSPS) is 18.1. The molecule has 0 atom stereocenters. The van der Waals surface area contributed by atoms with Gasteiger partial charge in [-0.15, -0.1) is 0 Å². The zero-order valence-corrected chi connectivity index (χ0v) is 11.3. The highest BCUT2D eigenvalue weighted by molar-refractivity contribution is 5.87. The van der Waals surface area contributed by atoms with Crippen LogP contribution >= 0.6 is 0 Å². The maximum Gasteiger partial charge on any atom is 0.165 e. The van der Waals surface area contributed by atoms with E-state index in [1.165, 1.54) is 0 Å². The molecule has 0 aromatic carbocycles. The predicted octanol–water partition coefficient (Wildman–Crippen LogP) is 2.27. The van der Waals surface area contributed by atoms with Gasteiger partial charge in [0.1, 0.15) is 5.60 Å². The SMILES string of the molecule is CCOC1(C(=O)CCc2ccnn2C)CCCC1. The van der Waals surface area contributed by atoms with E-state index in [-0.39, 0.29) is 5.78 Å². The van der Waals surface area contributed by atoms with Gasteiger partial charge in [-0.2, -0.15) is 5.10 Å². The van der Waals surface area contributed by atoms with Crippen LogP contribution in [0.4, 0.5) is 0 Å². The van der Waals surface area contributed by atoms with Crippen molar-refractivity contribution in [1.29, 1.82) is 0 Å². The van der Waals surface area contributed by atoms with Gasteiger partial charge in [-0.1, -0.05) is 0 Å². The Morgan fingerprint density at radius 1 is 1.50 bits per heavy atom. The Balaban J connectivity index is 1.96. The number of Topliss-reactive ketones (excluding diaryl/α,β-unsaturated/α-hetero) is 1. The summed E-state index contributed by atoms with van der Waals surface area (Å²) in [5.41, 5.74) is 0.626. The number of hydrogen-bond donors (Lipinski definition) is 0. The molecule has 0 aliphatic heterocycles. The Kier molecular flexibility index (Phi) is 4.17. The number of rotatable bonds is 6. The molecule has 100 valence electrons. The van der Waals surface area contributed by atoms with Crippen LogP contribution in [0.3, 0.4) is 0 Å². The first kappa shape index (κ1) is 13.3. The second-order valence-electron chi connectivity index (χ2n) is 5.00. The molecule has 1 saturated carbocycles. The number of aromatic nitrogens is 2. The second kappa shape index (κ2) is 5.65. The molecule has 1 aliphatic carbocycles. The highest BCUT2D eigenvalue weighted by Gasteiger charge is 2.40. The topological polar surface area (TPSA) is 44.1 Å². The summed E-state index contributed by atoms with van der Waals surface area (Å²) in [6.45, 7) is 2.59. The van der Waals surface area contributed by atoms with Crippen LogP contribution in [0.2, 0.25) is 0 Å². The van der Waals surface area contributed by atoms with E-state index in [9.17, 15) is 4.79 Å². The lowest BCUT2D eigenvalue weighted by atomic mass is 9.92. The maximum atomic E-state index is 12.4. The fourth-order valence-electron chi connectivity index (χ4n) is 2.84. The summed E-state index contributed by atoms with van der Waals surface area (Å²) < 4.78 is 7.61. The number of aryl methyl sites for hydroxylation is 2. The third-order valence-corrected chi connectivity index (χ3v) is 3.87. The van der Waals surface area contributed by atoms with Gasteiger partial charge < -0.3 is 4.74 Å². The van der Waals surface area contributed by atoms with Crippen LogP contribution in [-0.4, -0.2) is 27.8 Å². The van der Waals surface area contributed by atoms with Crippen LogP contribution in [-0.2, 0) is 23.0 Å². The highest BCUT2D eigenvalue weighted by Crippen LogP contribution is 2.35. The third kappa shape index (κ3) is 2.64. The fourth-order valence-corrected chi connectivity index (χ4v) is 2.84. The van der Waals surface area contributed by atoms with Crippen molar-refractivity contribution >= 4 is 5.78 Å². The zero-order valence-electron chi connectivity index (χ0n) is 11.3. The van der Waals surface area contributed by atoms with Crippen molar-refractivity contribution in [3.05, 3.63) is 18.0 Å². The van der Waals surface area contributed by atoms with Crippen molar-refractivity contribution < 1.29 is 9.53 Å². The first-order valence-electron chi connectivity index (χ1n) is 6.82. The van der Waals surface area contributed by atoms with Gasteiger partial charge in [0, 0.05) is 32.0 Å². The molecule has 18 heavy (non-hydrogen) atoms. The third-order valence-electron chi connectivity index (χ3n) is 3.87. The lowest BCUT2D eigenvalue weighted by molar-refractivity contribution is -0.143. The molecular formula is C14H22N2O2. The van der Waals surface area contributed by atoms with Crippen molar-refractivity contribution in [1.82, 2.24) is 9.78 Å². The second-order valence-corrected chi connectivity index (χ2v) is 5.00. The Morgan fingerprint density at radius 2 is 2.22 bits per heavy atom. The van der Waals surface area contributed by atoms with E-state index >= 15 is 0 Å². The van der Waals surface area contributed by atoms with Gasteiger partial charge in [0.2, 0.25) is 0 Å². The summed E-state index contributed by atoms with van der Waals surface area (Å²) in [6.07, 6.45) is 7.09. The first-order chi connectivity index (χ1) is 8.68. The Hall–Kier alpha value is -1.16. The van der Waals surface area contributed by atoms with E-state index in [0.717, 1.165) is 37.8 Å². The van der Waals surface area contributed by atoms with E-state index in [4.69, 9.17) is 4.74 Å². The largest absolute Gasteiger partial charge is 0.368 e. The molecule has 0 saturated heterocycles. The monoisotopic (exact) mass is 250 g/mol. The smallest absolute Gasteiger partial charge is 0.165 e. The van der Waals surface area contributed by atoms with E-state index in [1.807, 2.05) is 24.7 Å². The van der Waals surface area contributed by atoms with Gasteiger partial charge in [-0.25, -0.2) is 0 Å². The van der Waals surface area contributed by atoms with Crippen molar-refractivity contribution in [2.75, 3.05) is 6.61 Å². The summed E-state index contributed by atoms with van der Waals surface area (Å²) in [7, 11) is 1.91. The van der Waals surface area contributed by atoms with Crippen molar-refractivity contribution in [3.63, 3.8) is 0 Å². The number of carbonyl (C=O) groups is 1. The molecule has 1 aromatic rings. The number of hydrogen-bond acceptors (Lipinski definition) is 3. The number of nitrogens with zero attached hydrogens (tertiary/aromatic N) is 2. The molecule has 1 heterocycles. The van der Waals surface area contributed by atoms with Crippen molar-refractivity contribution in [3.8, 4) is 0 Å². The Labute approximate surface area is 108 Å². The Bertz CT molecular complexity index is 406. The number of ether oxygens (including phenoxy) is 1. The molecule has 1 fully saturated rings. The highest BCUT2D eigenvalue weighted by atomic mass is 16.5. The minimum atomic E-state index is -0.479. The summed E-state index contributed by atoms with van der Waals surface area (Å²) in [5.74, 6) is 0.267. The summed E-state index contributed by atoms with van der Waals surface area (Å²) in [5, 5.41) is 4.12. The van der Waals surface area contributed by atoms with Gasteiger partial charge in [0.05, 0.1) is 0 Å². The van der Waals surface area contributed by atoms with Crippen molar-refractivity contribution in [2.45, 2.75) is 51.0 Å². The summed E-state index contributed by atoms with van der Waals surface area (Å²) in [4.78, 5) is 12.4. The van der Waals surface area contributed by atoms with Gasteiger partial charge in [-0.05, 0) is 45.1 Å². The molecular weight excluding hydrogens is 228 g/mol. The van der Waals surface area contributed by atoms with Crippen LogP contribution in [0.25, 0.3) is 0 Å². The van der Waals surface area contributed by atoms with Gasteiger partial charge in [0.25, 0.3) is 0 Å². The molecule has 4 nitrogen and oxygen atoms in total. The van der Waals surface area contributed by atoms with Crippen LogP contribution in [0.5, 0.6) is 0 Å². The summed E-state index contributed by atoms with van der Waals surface area (Å²) >= 11 is 0. The van der Waals surface area contributed by atoms with Gasteiger partial charge in [0.15, 0.2) is 5.78 Å². The molecule has 0 spiro atoms. The summed E-state index contributed by atoms with van der Waals surface area (Å²) in [6, 6.07) is 1.97. The van der Waals surface area contributed by atoms with Gasteiger partial charge in [-0.3, -0.25) is 9.48 Å². The lowest BCUT2D eigenvalue weighted by Gasteiger charge is -2.27. The molecule has 4 heteroatoms. The standard InChI is InChI=1S/C14H22N2O2/c1-3-18-14(9-4-5-10-14)13(17)7-6-12-8-11-15-16(12)2/h8,11H,3-7,9-10H2,1-2H3. The first-order valence-corrected chi connectivity index (χ1v) is 6.82. The van der Waals surface area contributed by atoms with E-state index in [0.29, 0.717) is 13.0 Å². The maximum absolute atomic E-state index is 12.4. The molecule has 0 amide bonds. The molecule has 1 aromatic heterocycles. The zero-order chi connectivity index (χ0) is 13.0. The lowest BCUT2D eigenvalue weighted by Crippen LogP contribution is -2.39. The molecule has 0 radical (unpaired) electrons. The molecule has 0 bridgehead atoms. The minimum absolute atomic E-state index is 0.267. The van der Waals surface area contributed by atoms with E-state index in [2.05, 4.69) is 5.10 Å². The molecule has 0 unspecified atom stereocenters. The average Bonchev–Trinajstić information content (AvgIpc) is 2.97. The average molecular weight is 250 g/mol. The van der Waals surface area contributed by atoms with Crippen LogP contribution in [0, 0.1) is 0 Å². The Morgan fingerprint density at radius 3 is 2.78 bits per heavy atom. The fraction of sp³-hybridized carbons (Fsp3) is 0.714. The minimum Gasteiger partial charge on any atom is -0.368 e. The van der Waals surface area contributed by atoms with Crippen LogP contribution in [0.1, 0.15) is 44.7 Å².